The number of urea groups is 1. The van der Waals surface area contributed by atoms with Crippen LogP contribution in [0.15, 0.2) is 0 Å². The van der Waals surface area contributed by atoms with Gasteiger partial charge in [-0.1, -0.05) is 0 Å². The molecule has 2 amide bonds. The van der Waals surface area contributed by atoms with Gasteiger partial charge in [0.1, 0.15) is 6.04 Å². The fourth-order valence-corrected chi connectivity index (χ4v) is 2.96. The molecule has 2 aliphatic rings. The number of carboxylic acids is 1. The molecule has 2 heterocycles. The average Bonchev–Trinajstić information content (AvgIpc) is 2.40. The molecule has 2 rings (SSSR count). The molecule has 2 N–H and O–H groups in total. The van der Waals surface area contributed by atoms with E-state index in [0.717, 1.165) is 5.75 Å². The number of carbonyl (C=O) groups is 2. The molecule has 0 bridgehead atoms. The Kier molecular flexibility index (Phi) is 4.67. The lowest BCUT2D eigenvalue weighted by molar-refractivity contribution is -0.141. The molecule has 2 saturated heterocycles. The van der Waals surface area contributed by atoms with Gasteiger partial charge in [0.2, 0.25) is 0 Å². The van der Waals surface area contributed by atoms with E-state index >= 15 is 0 Å². The van der Waals surface area contributed by atoms with Crippen LogP contribution in [0.2, 0.25) is 0 Å². The van der Waals surface area contributed by atoms with Gasteiger partial charge in [0, 0.05) is 31.1 Å². The lowest BCUT2D eigenvalue weighted by atomic mass is 10.3. The molecule has 0 spiro atoms. The summed E-state index contributed by atoms with van der Waals surface area (Å²) in [6.07, 6.45) is 0. The summed E-state index contributed by atoms with van der Waals surface area (Å²) in [5.74, 6) is 0.283. The number of carbonyl (C=O) groups excluding carboxylic acids is 1. The highest BCUT2D eigenvalue weighted by atomic mass is 32.2. The third-order valence-corrected chi connectivity index (χ3v) is 3.96. The van der Waals surface area contributed by atoms with Crippen molar-refractivity contribution in [2.24, 2.45) is 0 Å². The zero-order valence-electron chi connectivity index (χ0n) is 10.0. The van der Waals surface area contributed by atoms with Gasteiger partial charge >= 0.3 is 12.0 Å². The van der Waals surface area contributed by atoms with Gasteiger partial charge in [-0.15, -0.1) is 0 Å². The lowest BCUT2D eigenvalue weighted by Crippen LogP contribution is -2.58. The summed E-state index contributed by atoms with van der Waals surface area (Å²) in [6.45, 7) is 2.90. The Hall–Kier alpha value is -0.990. The Balaban J connectivity index is 1.91. The maximum atomic E-state index is 12.0. The van der Waals surface area contributed by atoms with E-state index in [-0.39, 0.29) is 6.03 Å². The van der Waals surface area contributed by atoms with Crippen molar-refractivity contribution in [3.8, 4) is 0 Å². The maximum Gasteiger partial charge on any atom is 0.332 e. The predicted molar refractivity (Wildman–Crippen MR) is 66.4 cm³/mol. The van der Waals surface area contributed by atoms with Gasteiger partial charge in [0.25, 0.3) is 0 Å². The minimum Gasteiger partial charge on any atom is -0.480 e. The van der Waals surface area contributed by atoms with Gasteiger partial charge in [-0.05, 0) is 0 Å². The number of hydrazine groups is 1. The smallest absolute Gasteiger partial charge is 0.332 e. The number of rotatable bonds is 2. The number of nitrogens with one attached hydrogen (secondary N) is 1. The molecule has 8 heteroatoms. The summed E-state index contributed by atoms with van der Waals surface area (Å²) in [5.41, 5.74) is 2.74. The van der Waals surface area contributed by atoms with Gasteiger partial charge in [-0.25, -0.2) is 14.6 Å². The molecule has 102 valence electrons. The second kappa shape index (κ2) is 6.26. The van der Waals surface area contributed by atoms with Gasteiger partial charge < -0.3 is 14.7 Å². The fourth-order valence-electron chi connectivity index (χ4n) is 1.93. The largest absolute Gasteiger partial charge is 0.480 e. The summed E-state index contributed by atoms with van der Waals surface area (Å²) in [6, 6.07) is -1.06. The number of carboxylic acid groups (broad SMARTS) is 1. The Morgan fingerprint density at radius 3 is 2.67 bits per heavy atom. The highest BCUT2D eigenvalue weighted by Gasteiger charge is 2.33. The van der Waals surface area contributed by atoms with Gasteiger partial charge in [0.05, 0.1) is 13.2 Å². The van der Waals surface area contributed by atoms with Crippen LogP contribution < -0.4 is 5.43 Å². The highest BCUT2D eigenvalue weighted by Crippen LogP contribution is 2.16. The zero-order valence-corrected chi connectivity index (χ0v) is 10.8. The standard InChI is InChI=1S/C10H17N3O4S/c14-9(15)8-7-18-6-3-13(8)10(16)11-12-1-4-17-5-2-12/h8H,1-7H2,(H,11,16)(H,14,15). The van der Waals surface area contributed by atoms with Crippen LogP contribution in [0.4, 0.5) is 4.79 Å². The molecule has 18 heavy (non-hydrogen) atoms. The van der Waals surface area contributed by atoms with Gasteiger partial charge in [-0.3, -0.25) is 5.43 Å². The third-order valence-electron chi connectivity index (χ3n) is 2.94. The van der Waals surface area contributed by atoms with E-state index in [1.54, 1.807) is 16.8 Å². The molecule has 0 aromatic rings. The topological polar surface area (TPSA) is 82.1 Å². The minimum atomic E-state index is -0.945. The van der Waals surface area contributed by atoms with E-state index in [2.05, 4.69) is 5.43 Å². The first-order valence-electron chi connectivity index (χ1n) is 5.89. The van der Waals surface area contributed by atoms with E-state index in [1.165, 1.54) is 4.90 Å². The minimum absolute atomic E-state index is 0.329. The van der Waals surface area contributed by atoms with Crippen molar-refractivity contribution in [3.05, 3.63) is 0 Å². The van der Waals surface area contributed by atoms with Crippen LogP contribution >= 0.6 is 11.8 Å². The summed E-state index contributed by atoms with van der Waals surface area (Å²) in [5, 5.41) is 10.9. The molecule has 7 nitrogen and oxygen atoms in total. The van der Waals surface area contributed by atoms with Crippen molar-refractivity contribution in [3.63, 3.8) is 0 Å². The van der Waals surface area contributed by atoms with Crippen LogP contribution in [0.5, 0.6) is 0 Å². The molecular weight excluding hydrogens is 258 g/mol. The molecule has 0 saturated carbocycles. The molecule has 0 aromatic heterocycles. The molecule has 0 radical (unpaired) electrons. The van der Waals surface area contributed by atoms with E-state index in [1.807, 2.05) is 0 Å². The van der Waals surface area contributed by atoms with Crippen molar-refractivity contribution < 1.29 is 19.4 Å². The maximum absolute atomic E-state index is 12.0. The lowest BCUT2D eigenvalue weighted by Gasteiger charge is -2.35. The molecule has 1 atom stereocenters. The summed E-state index contributed by atoms with van der Waals surface area (Å²) in [7, 11) is 0. The fraction of sp³-hybridized carbons (Fsp3) is 0.800. The normalized spacial score (nSPS) is 25.8. The monoisotopic (exact) mass is 275 g/mol. The second-order valence-electron chi connectivity index (χ2n) is 4.14. The quantitative estimate of drug-likeness (QED) is 0.703. The third kappa shape index (κ3) is 3.27. The average molecular weight is 275 g/mol. The summed E-state index contributed by atoms with van der Waals surface area (Å²) in [4.78, 5) is 24.5. The second-order valence-corrected chi connectivity index (χ2v) is 5.29. The number of morpholine rings is 1. The summed E-state index contributed by atoms with van der Waals surface area (Å²) >= 11 is 1.56. The van der Waals surface area contributed by atoms with Gasteiger partial charge in [-0.2, -0.15) is 11.8 Å². The van der Waals surface area contributed by atoms with E-state index < -0.39 is 12.0 Å². The SMILES string of the molecule is O=C(O)C1CSCCN1C(=O)NN1CCOCC1. The van der Waals surface area contributed by atoms with Crippen molar-refractivity contribution in [2.75, 3.05) is 44.4 Å². The van der Waals surface area contributed by atoms with Crippen LogP contribution in [0.1, 0.15) is 0 Å². The van der Waals surface area contributed by atoms with Crippen LogP contribution in [-0.4, -0.2) is 77.4 Å². The molecule has 0 aliphatic carbocycles. The Labute approximate surface area is 109 Å². The molecule has 2 aliphatic heterocycles. The van der Waals surface area contributed by atoms with Crippen LogP contribution in [0, 0.1) is 0 Å². The number of nitrogens with zero attached hydrogens (tertiary/aromatic N) is 2. The number of ether oxygens (including phenoxy) is 1. The number of aliphatic carboxylic acids is 1. The Morgan fingerprint density at radius 1 is 1.28 bits per heavy atom. The molecule has 1 unspecified atom stereocenters. The molecule has 0 aromatic carbocycles. The first-order chi connectivity index (χ1) is 8.68. The Bertz CT molecular complexity index is 322. The van der Waals surface area contributed by atoms with Gasteiger partial charge in [0.15, 0.2) is 0 Å². The number of hydrogen-bond acceptors (Lipinski definition) is 5. The molecule has 2 fully saturated rings. The van der Waals surface area contributed by atoms with E-state index in [9.17, 15) is 9.59 Å². The van der Waals surface area contributed by atoms with Crippen molar-refractivity contribution in [1.82, 2.24) is 15.3 Å². The van der Waals surface area contributed by atoms with Crippen LogP contribution in [0.3, 0.4) is 0 Å². The highest BCUT2D eigenvalue weighted by molar-refractivity contribution is 7.99. The van der Waals surface area contributed by atoms with E-state index in [0.29, 0.717) is 38.6 Å². The van der Waals surface area contributed by atoms with Crippen molar-refractivity contribution in [1.29, 1.82) is 0 Å². The first-order valence-corrected chi connectivity index (χ1v) is 7.04. The van der Waals surface area contributed by atoms with E-state index in [4.69, 9.17) is 9.84 Å². The molecular formula is C10H17N3O4S. The number of thioether (sulfide) groups is 1. The number of hydrogen-bond donors (Lipinski definition) is 2. The van der Waals surface area contributed by atoms with Crippen molar-refractivity contribution in [2.45, 2.75) is 6.04 Å². The number of amides is 2. The zero-order chi connectivity index (χ0) is 13.0. The summed E-state index contributed by atoms with van der Waals surface area (Å²) < 4.78 is 5.18. The predicted octanol–water partition coefficient (Wildman–Crippen LogP) is -0.555. The van der Waals surface area contributed by atoms with Crippen LogP contribution in [0.25, 0.3) is 0 Å². The first kappa shape index (κ1) is 13.4. The van der Waals surface area contributed by atoms with Crippen molar-refractivity contribution >= 4 is 23.8 Å². The Morgan fingerprint density at radius 2 is 2.00 bits per heavy atom. The van der Waals surface area contributed by atoms with Crippen LogP contribution in [-0.2, 0) is 9.53 Å².